The molecular formula is C14H16NOSi. The first-order valence-electron chi connectivity index (χ1n) is 5.66. The van der Waals surface area contributed by atoms with Crippen LogP contribution in [0.15, 0.2) is 54.6 Å². The lowest BCUT2D eigenvalue weighted by Crippen LogP contribution is -2.42. The fourth-order valence-electron chi connectivity index (χ4n) is 1.73. The Morgan fingerprint density at radius 3 is 2.29 bits per heavy atom. The second-order valence-electron chi connectivity index (χ2n) is 4.13. The van der Waals surface area contributed by atoms with Crippen LogP contribution in [0.25, 0.3) is 0 Å². The zero-order valence-corrected chi connectivity index (χ0v) is 10.8. The molecule has 1 unspecified atom stereocenters. The number of hydrogen-bond donors (Lipinski definition) is 2. The van der Waals surface area contributed by atoms with Crippen LogP contribution in [0.4, 0.5) is 0 Å². The van der Waals surface area contributed by atoms with Gasteiger partial charge >= 0.3 is 0 Å². The lowest BCUT2D eigenvalue weighted by atomic mass is 10.1. The number of hydrogen-bond acceptors (Lipinski definition) is 2. The monoisotopic (exact) mass is 242 g/mol. The highest BCUT2D eigenvalue weighted by Crippen LogP contribution is 2.06. The molecule has 0 spiro atoms. The molecule has 0 saturated heterocycles. The van der Waals surface area contributed by atoms with Crippen molar-refractivity contribution in [2.75, 3.05) is 0 Å². The molecule has 3 N–H and O–H groups in total. The van der Waals surface area contributed by atoms with Crippen molar-refractivity contribution in [2.45, 2.75) is 13.0 Å². The molecule has 2 aromatic carbocycles. The third-order valence-corrected chi connectivity index (χ3v) is 4.47. The van der Waals surface area contributed by atoms with Gasteiger partial charge in [0.15, 0.2) is 0 Å². The summed E-state index contributed by atoms with van der Waals surface area (Å²) in [6.45, 7) is 1.95. The van der Waals surface area contributed by atoms with Gasteiger partial charge < -0.3 is 10.5 Å². The molecule has 3 heteroatoms. The van der Waals surface area contributed by atoms with Gasteiger partial charge in [0.05, 0.1) is 0 Å². The van der Waals surface area contributed by atoms with Crippen LogP contribution in [-0.4, -0.2) is 13.8 Å². The van der Waals surface area contributed by atoms with E-state index in [1.54, 1.807) is 0 Å². The minimum atomic E-state index is -1.66. The molecule has 2 rings (SSSR count). The molecule has 2 aromatic rings. The minimum absolute atomic E-state index is 0.000485. The van der Waals surface area contributed by atoms with Crippen LogP contribution in [0, 0.1) is 0 Å². The quantitative estimate of drug-likeness (QED) is 0.782. The molecule has 2 nitrogen and oxygen atoms in total. The van der Waals surface area contributed by atoms with E-state index in [-0.39, 0.29) is 6.04 Å². The Balaban J connectivity index is 2.31. The van der Waals surface area contributed by atoms with Crippen LogP contribution < -0.4 is 16.1 Å². The van der Waals surface area contributed by atoms with Crippen molar-refractivity contribution in [1.29, 1.82) is 0 Å². The van der Waals surface area contributed by atoms with Crippen LogP contribution in [0.1, 0.15) is 18.5 Å². The summed E-state index contributed by atoms with van der Waals surface area (Å²) < 4.78 is 0. The van der Waals surface area contributed by atoms with E-state index in [1.165, 1.54) is 0 Å². The van der Waals surface area contributed by atoms with Crippen LogP contribution in [0.3, 0.4) is 0 Å². The highest BCUT2D eigenvalue weighted by atomic mass is 28.3. The van der Waals surface area contributed by atoms with E-state index in [4.69, 9.17) is 5.73 Å². The summed E-state index contributed by atoms with van der Waals surface area (Å²) in [5.74, 6) is 0. The summed E-state index contributed by atoms with van der Waals surface area (Å²) in [5, 5.41) is 1.98. The van der Waals surface area contributed by atoms with E-state index in [9.17, 15) is 4.80 Å². The number of rotatable bonds is 3. The summed E-state index contributed by atoms with van der Waals surface area (Å²) >= 11 is 0. The van der Waals surface area contributed by atoms with Gasteiger partial charge in [0.2, 0.25) is 0 Å². The van der Waals surface area contributed by atoms with Gasteiger partial charge in [-0.2, -0.15) is 0 Å². The number of nitrogens with two attached hydrogens (primary N) is 1. The molecule has 0 fully saturated rings. The normalized spacial score (nSPS) is 12.7. The average molecular weight is 242 g/mol. The summed E-state index contributed by atoms with van der Waals surface area (Å²) in [5.41, 5.74) is 6.92. The zero-order valence-electron chi connectivity index (χ0n) is 9.80. The van der Waals surface area contributed by atoms with Crippen molar-refractivity contribution in [3.8, 4) is 0 Å². The van der Waals surface area contributed by atoms with Gasteiger partial charge in [-0.25, -0.2) is 0 Å². The van der Waals surface area contributed by atoms with Gasteiger partial charge in [0, 0.05) is 6.04 Å². The van der Waals surface area contributed by atoms with E-state index in [2.05, 4.69) is 0 Å². The van der Waals surface area contributed by atoms with Crippen LogP contribution in [0.5, 0.6) is 0 Å². The molecule has 1 radical (unpaired) electrons. The maximum atomic E-state index is 10.4. The molecule has 0 aliphatic rings. The number of benzene rings is 2. The Kier molecular flexibility index (Phi) is 3.74. The van der Waals surface area contributed by atoms with E-state index in [0.29, 0.717) is 0 Å². The molecule has 0 bridgehead atoms. The first-order valence-corrected chi connectivity index (χ1v) is 7.10. The van der Waals surface area contributed by atoms with Crippen molar-refractivity contribution in [3.63, 3.8) is 0 Å². The van der Waals surface area contributed by atoms with Gasteiger partial charge in [-0.05, 0) is 22.9 Å². The Morgan fingerprint density at radius 2 is 1.65 bits per heavy atom. The summed E-state index contributed by atoms with van der Waals surface area (Å²) in [7, 11) is -1.66. The van der Waals surface area contributed by atoms with Gasteiger partial charge in [-0.3, -0.25) is 0 Å². The summed E-state index contributed by atoms with van der Waals surface area (Å²) in [6.07, 6.45) is 0. The Bertz CT molecular complexity index is 485. The molecule has 0 amide bonds. The SMILES string of the molecule is CC(N)c1cccc([Si](O)c2ccccc2)c1. The molecule has 0 aliphatic carbocycles. The predicted molar refractivity (Wildman–Crippen MR) is 72.7 cm³/mol. The van der Waals surface area contributed by atoms with Crippen molar-refractivity contribution in [1.82, 2.24) is 0 Å². The minimum Gasteiger partial charge on any atom is -0.424 e. The van der Waals surface area contributed by atoms with E-state index >= 15 is 0 Å². The Morgan fingerprint density at radius 1 is 1.00 bits per heavy atom. The third kappa shape index (κ3) is 2.82. The van der Waals surface area contributed by atoms with E-state index in [1.807, 2.05) is 61.5 Å². The van der Waals surface area contributed by atoms with Crippen molar-refractivity contribution >= 4 is 19.4 Å². The molecule has 1 atom stereocenters. The average Bonchev–Trinajstić information content (AvgIpc) is 2.39. The molecule has 0 heterocycles. The summed E-state index contributed by atoms with van der Waals surface area (Å²) in [6, 6.07) is 17.7. The zero-order chi connectivity index (χ0) is 12.3. The maximum absolute atomic E-state index is 10.4. The lowest BCUT2D eigenvalue weighted by molar-refractivity contribution is 0.600. The molecule has 0 saturated carbocycles. The third-order valence-electron chi connectivity index (χ3n) is 2.73. The van der Waals surface area contributed by atoms with Gasteiger partial charge in [0.1, 0.15) is 0 Å². The largest absolute Gasteiger partial charge is 0.424 e. The topological polar surface area (TPSA) is 46.2 Å². The lowest BCUT2D eigenvalue weighted by Gasteiger charge is -2.11. The van der Waals surface area contributed by atoms with Crippen LogP contribution in [0.2, 0.25) is 0 Å². The highest BCUT2D eigenvalue weighted by Gasteiger charge is 2.15. The smallest absolute Gasteiger partial charge is 0.280 e. The molecule has 0 aromatic heterocycles. The second kappa shape index (κ2) is 5.27. The standard InChI is InChI=1S/C14H16NOSi/c1-11(15)12-6-5-9-14(10-12)17(16)13-7-3-2-4-8-13/h2-11,16H,15H2,1H3. The van der Waals surface area contributed by atoms with E-state index in [0.717, 1.165) is 15.9 Å². The fraction of sp³-hybridized carbons (Fsp3) is 0.143. The van der Waals surface area contributed by atoms with Crippen molar-refractivity contribution < 1.29 is 4.80 Å². The second-order valence-corrected chi connectivity index (χ2v) is 5.98. The van der Waals surface area contributed by atoms with Crippen LogP contribution >= 0.6 is 0 Å². The first kappa shape index (κ1) is 12.0. The fourth-order valence-corrected chi connectivity index (χ4v) is 3.13. The maximum Gasteiger partial charge on any atom is 0.280 e. The highest BCUT2D eigenvalue weighted by molar-refractivity contribution is 6.78. The van der Waals surface area contributed by atoms with Gasteiger partial charge in [-0.15, -0.1) is 0 Å². The van der Waals surface area contributed by atoms with Crippen molar-refractivity contribution in [2.24, 2.45) is 5.73 Å². The first-order chi connectivity index (χ1) is 8.18. The Hall–Kier alpha value is -1.42. The van der Waals surface area contributed by atoms with Crippen molar-refractivity contribution in [3.05, 3.63) is 60.2 Å². The molecular weight excluding hydrogens is 226 g/mol. The molecule has 87 valence electrons. The Labute approximate surface area is 103 Å². The molecule has 0 aliphatic heterocycles. The summed E-state index contributed by atoms with van der Waals surface area (Å²) in [4.78, 5) is 10.4. The van der Waals surface area contributed by atoms with E-state index < -0.39 is 9.04 Å². The van der Waals surface area contributed by atoms with Crippen LogP contribution in [-0.2, 0) is 0 Å². The molecule has 17 heavy (non-hydrogen) atoms. The van der Waals surface area contributed by atoms with Gasteiger partial charge in [-0.1, -0.05) is 54.6 Å². The predicted octanol–water partition coefficient (Wildman–Crippen LogP) is 0.804. The van der Waals surface area contributed by atoms with Gasteiger partial charge in [0.25, 0.3) is 9.04 Å².